The monoisotopic (exact) mass is 472 g/mol. The number of hydrogen-bond acceptors (Lipinski definition) is 5. The van der Waals surface area contributed by atoms with Gasteiger partial charge in [0.1, 0.15) is 5.60 Å². The summed E-state index contributed by atoms with van der Waals surface area (Å²) in [6.45, 7) is 15.2. The third kappa shape index (κ3) is 5.06. The molecule has 0 spiro atoms. The molecule has 8 nitrogen and oxygen atoms in total. The molecule has 0 radical (unpaired) electrons. The Morgan fingerprint density at radius 1 is 1.26 bits per heavy atom. The van der Waals surface area contributed by atoms with E-state index in [0.29, 0.717) is 31.7 Å². The molecule has 8 heteroatoms. The molecule has 188 valence electrons. The first-order valence-corrected chi connectivity index (χ1v) is 12.2. The number of nitrogens with zero attached hydrogens (tertiary/aromatic N) is 3. The Balaban J connectivity index is 1.87. The molecular weight excluding hydrogens is 432 g/mol. The number of rotatable bonds is 5. The lowest BCUT2D eigenvalue weighted by Crippen LogP contribution is -2.54. The molecular formula is C26H40N4O4. The molecule has 3 rings (SSSR count). The Hall–Kier alpha value is -2.61. The normalized spacial score (nSPS) is 19.9. The van der Waals surface area contributed by atoms with Gasteiger partial charge in [0.15, 0.2) is 0 Å². The molecule has 2 aliphatic rings. The van der Waals surface area contributed by atoms with Gasteiger partial charge in [-0.15, -0.1) is 0 Å². The number of nitrogens with two attached hydrogens (primary N) is 1. The fourth-order valence-electron chi connectivity index (χ4n) is 4.97. The van der Waals surface area contributed by atoms with Crippen LogP contribution in [0.2, 0.25) is 0 Å². The quantitative estimate of drug-likeness (QED) is 0.707. The topological polar surface area (TPSA) is 96.2 Å². The maximum absolute atomic E-state index is 13.8. The van der Waals surface area contributed by atoms with Gasteiger partial charge in [-0.2, -0.15) is 0 Å². The second-order valence-corrected chi connectivity index (χ2v) is 11.1. The van der Waals surface area contributed by atoms with Gasteiger partial charge in [0.2, 0.25) is 5.91 Å². The fraction of sp³-hybridized carbons (Fsp3) is 0.654. The van der Waals surface area contributed by atoms with Crippen molar-refractivity contribution in [2.75, 3.05) is 31.1 Å². The van der Waals surface area contributed by atoms with Crippen LogP contribution in [0.4, 0.5) is 10.5 Å². The van der Waals surface area contributed by atoms with Crippen molar-refractivity contribution in [3.63, 3.8) is 0 Å². The average Bonchev–Trinajstić information content (AvgIpc) is 2.93. The third-order valence-corrected chi connectivity index (χ3v) is 6.57. The molecule has 0 aromatic heterocycles. The molecule has 2 aliphatic heterocycles. The summed E-state index contributed by atoms with van der Waals surface area (Å²) in [5.41, 5.74) is 6.75. The second kappa shape index (κ2) is 9.56. The van der Waals surface area contributed by atoms with E-state index >= 15 is 0 Å². The van der Waals surface area contributed by atoms with Gasteiger partial charge < -0.3 is 25.2 Å². The van der Waals surface area contributed by atoms with Crippen LogP contribution in [0.1, 0.15) is 77.2 Å². The summed E-state index contributed by atoms with van der Waals surface area (Å²) < 4.78 is 5.56. The molecule has 0 unspecified atom stereocenters. The molecule has 34 heavy (non-hydrogen) atoms. The minimum atomic E-state index is -0.652. The molecule has 0 bridgehead atoms. The van der Waals surface area contributed by atoms with E-state index in [-0.39, 0.29) is 30.0 Å². The highest BCUT2D eigenvalue weighted by molar-refractivity contribution is 6.09. The molecule has 0 aliphatic carbocycles. The van der Waals surface area contributed by atoms with Crippen molar-refractivity contribution in [2.45, 2.75) is 84.4 Å². The molecule has 1 atom stereocenters. The van der Waals surface area contributed by atoms with E-state index in [4.69, 9.17) is 10.5 Å². The van der Waals surface area contributed by atoms with Gasteiger partial charge in [-0.05, 0) is 79.0 Å². The van der Waals surface area contributed by atoms with Crippen molar-refractivity contribution in [1.82, 2.24) is 9.80 Å². The highest BCUT2D eigenvalue weighted by atomic mass is 16.6. The standard InChI is InChI=1S/C26H40N4O4/c1-17(2)30(19-9-8-13-28(16-19)24(33)34-25(3,4)5)22(31)18-10-11-20-21(15-18)29(14-12-27)23(32)26(20,6)7/h10-11,15,17,19H,8-9,12-14,16,27H2,1-7H3/t19-/m1/s1. The summed E-state index contributed by atoms with van der Waals surface area (Å²) >= 11 is 0. The molecule has 1 aromatic carbocycles. The van der Waals surface area contributed by atoms with Crippen molar-refractivity contribution >= 4 is 23.6 Å². The van der Waals surface area contributed by atoms with Crippen LogP contribution < -0.4 is 10.6 Å². The van der Waals surface area contributed by atoms with Gasteiger partial charge in [0, 0.05) is 43.5 Å². The number of benzene rings is 1. The van der Waals surface area contributed by atoms with Gasteiger partial charge >= 0.3 is 6.09 Å². The smallest absolute Gasteiger partial charge is 0.410 e. The van der Waals surface area contributed by atoms with Gasteiger partial charge in [-0.3, -0.25) is 9.59 Å². The maximum atomic E-state index is 13.8. The van der Waals surface area contributed by atoms with Crippen LogP contribution in [-0.2, 0) is 14.9 Å². The number of likely N-dealkylation sites (tertiary alicyclic amines) is 1. The number of fused-ring (bicyclic) bond motifs is 1. The third-order valence-electron chi connectivity index (χ3n) is 6.57. The van der Waals surface area contributed by atoms with E-state index in [1.807, 2.05) is 71.6 Å². The first kappa shape index (κ1) is 26.0. The molecule has 1 fully saturated rings. The van der Waals surface area contributed by atoms with Gasteiger partial charge in [-0.1, -0.05) is 6.07 Å². The molecule has 1 aromatic rings. The first-order valence-electron chi connectivity index (χ1n) is 12.2. The van der Waals surface area contributed by atoms with E-state index in [1.165, 1.54) is 0 Å². The van der Waals surface area contributed by atoms with E-state index in [0.717, 1.165) is 24.1 Å². The number of carbonyl (C=O) groups is 3. The summed E-state index contributed by atoms with van der Waals surface area (Å²) in [6.07, 6.45) is 1.28. The average molecular weight is 473 g/mol. The number of ether oxygens (including phenoxy) is 1. The number of piperidine rings is 1. The van der Waals surface area contributed by atoms with E-state index in [2.05, 4.69) is 0 Å². The molecule has 2 heterocycles. The minimum Gasteiger partial charge on any atom is -0.444 e. The van der Waals surface area contributed by atoms with Crippen LogP contribution in [0.3, 0.4) is 0 Å². The number of hydrogen-bond donors (Lipinski definition) is 1. The van der Waals surface area contributed by atoms with Gasteiger partial charge in [-0.25, -0.2) is 4.79 Å². The predicted molar refractivity (Wildman–Crippen MR) is 133 cm³/mol. The summed E-state index contributed by atoms with van der Waals surface area (Å²) in [6, 6.07) is 5.36. The number of carbonyl (C=O) groups excluding carboxylic acids is 3. The van der Waals surface area contributed by atoms with Crippen molar-refractivity contribution < 1.29 is 19.1 Å². The summed E-state index contributed by atoms with van der Waals surface area (Å²) in [4.78, 5) is 44.7. The Morgan fingerprint density at radius 2 is 1.94 bits per heavy atom. The lowest BCUT2D eigenvalue weighted by molar-refractivity contribution is -0.122. The Kier molecular flexibility index (Phi) is 7.31. The van der Waals surface area contributed by atoms with E-state index in [9.17, 15) is 14.4 Å². The second-order valence-electron chi connectivity index (χ2n) is 11.1. The zero-order chi connectivity index (χ0) is 25.4. The minimum absolute atomic E-state index is 0.00134. The molecule has 0 saturated carbocycles. The Labute approximate surface area is 203 Å². The Morgan fingerprint density at radius 3 is 2.53 bits per heavy atom. The van der Waals surface area contributed by atoms with Crippen molar-refractivity contribution in [3.05, 3.63) is 29.3 Å². The van der Waals surface area contributed by atoms with E-state index in [1.54, 1.807) is 9.80 Å². The van der Waals surface area contributed by atoms with Crippen LogP contribution in [-0.4, -0.2) is 71.6 Å². The largest absolute Gasteiger partial charge is 0.444 e. The SMILES string of the molecule is CC(C)N(C(=O)c1ccc2c(c1)N(CCN)C(=O)C2(C)C)[C@@H]1CCCN(C(=O)OC(C)(C)C)C1. The zero-order valence-electron chi connectivity index (χ0n) is 21.7. The zero-order valence-corrected chi connectivity index (χ0v) is 21.7. The van der Waals surface area contributed by atoms with Crippen molar-refractivity contribution in [1.29, 1.82) is 0 Å². The lowest BCUT2D eigenvalue weighted by Gasteiger charge is -2.41. The summed E-state index contributed by atoms with van der Waals surface area (Å²) in [5.74, 6) is -0.0998. The van der Waals surface area contributed by atoms with Crippen LogP contribution in [0.15, 0.2) is 18.2 Å². The maximum Gasteiger partial charge on any atom is 0.410 e. The van der Waals surface area contributed by atoms with Crippen molar-refractivity contribution in [2.24, 2.45) is 5.73 Å². The first-order chi connectivity index (χ1) is 15.8. The number of anilines is 1. The van der Waals surface area contributed by atoms with Crippen LogP contribution in [0, 0.1) is 0 Å². The fourth-order valence-corrected chi connectivity index (χ4v) is 4.97. The highest BCUT2D eigenvalue weighted by Crippen LogP contribution is 2.42. The van der Waals surface area contributed by atoms with Crippen LogP contribution in [0.25, 0.3) is 0 Å². The van der Waals surface area contributed by atoms with Crippen molar-refractivity contribution in [3.8, 4) is 0 Å². The highest BCUT2D eigenvalue weighted by Gasteiger charge is 2.44. The summed E-state index contributed by atoms with van der Waals surface area (Å²) in [5, 5.41) is 0. The lowest BCUT2D eigenvalue weighted by atomic mass is 9.85. The summed E-state index contributed by atoms with van der Waals surface area (Å²) in [7, 11) is 0. The molecule has 1 saturated heterocycles. The molecule has 2 N–H and O–H groups in total. The number of amides is 3. The van der Waals surface area contributed by atoms with Gasteiger partial charge in [0.25, 0.3) is 5.91 Å². The predicted octanol–water partition coefficient (Wildman–Crippen LogP) is 3.52. The van der Waals surface area contributed by atoms with Crippen LogP contribution in [0.5, 0.6) is 0 Å². The molecule has 3 amide bonds. The Bertz CT molecular complexity index is 951. The van der Waals surface area contributed by atoms with E-state index < -0.39 is 11.0 Å². The van der Waals surface area contributed by atoms with Gasteiger partial charge in [0.05, 0.1) is 11.5 Å². The van der Waals surface area contributed by atoms with Crippen LogP contribution >= 0.6 is 0 Å².